The van der Waals surface area contributed by atoms with E-state index in [0.717, 1.165) is 12.1 Å². The lowest BCUT2D eigenvalue weighted by Crippen LogP contribution is -2.16. The van der Waals surface area contributed by atoms with Gasteiger partial charge in [0.15, 0.2) is 0 Å². The number of hydrogen-bond donors (Lipinski definition) is 1. The second-order valence-corrected chi connectivity index (χ2v) is 7.04. The first kappa shape index (κ1) is 16.7. The van der Waals surface area contributed by atoms with E-state index in [-0.39, 0.29) is 16.1 Å². The molecule has 8 nitrogen and oxygen atoms in total. The second kappa shape index (κ2) is 6.02. The number of nitrogens with zero attached hydrogens (tertiary/aromatic N) is 2. The van der Waals surface area contributed by atoms with Gasteiger partial charge in [0, 0.05) is 36.3 Å². The van der Waals surface area contributed by atoms with Gasteiger partial charge in [0.2, 0.25) is 0 Å². The van der Waals surface area contributed by atoms with E-state index in [1.54, 1.807) is 31.3 Å². The van der Waals surface area contributed by atoms with Crippen LogP contribution in [-0.4, -0.2) is 17.9 Å². The van der Waals surface area contributed by atoms with Crippen molar-refractivity contribution in [3.05, 3.63) is 75.1 Å². The van der Waals surface area contributed by atoms with Gasteiger partial charge in [-0.1, -0.05) is 0 Å². The molecule has 0 atom stereocenters. The first-order valence-corrected chi connectivity index (χ1v) is 8.63. The predicted octanol–water partition coefficient (Wildman–Crippen LogP) is 2.25. The van der Waals surface area contributed by atoms with E-state index < -0.39 is 14.9 Å². The molecule has 1 heterocycles. The Hall–Kier alpha value is -3.20. The van der Waals surface area contributed by atoms with E-state index in [4.69, 9.17) is 0 Å². The summed E-state index contributed by atoms with van der Waals surface area (Å²) in [6.07, 6.45) is 0. The summed E-state index contributed by atoms with van der Waals surface area (Å²) in [5.74, 6) is 0. The lowest BCUT2D eigenvalue weighted by molar-refractivity contribution is -0.384. The number of aromatic nitrogens is 1. The third-order valence-electron chi connectivity index (χ3n) is 3.73. The largest absolute Gasteiger partial charge is 0.311 e. The van der Waals surface area contributed by atoms with Crippen LogP contribution in [0.3, 0.4) is 0 Å². The van der Waals surface area contributed by atoms with E-state index in [1.165, 1.54) is 22.8 Å². The Bertz CT molecular complexity index is 1130. The number of nitro groups is 1. The number of fused-ring (bicyclic) bond motifs is 1. The predicted molar refractivity (Wildman–Crippen MR) is 93.1 cm³/mol. The van der Waals surface area contributed by atoms with Crippen molar-refractivity contribution < 1.29 is 13.3 Å². The highest BCUT2D eigenvalue weighted by atomic mass is 32.2. The topological polar surface area (TPSA) is 111 Å². The molecule has 3 aromatic rings. The second-order valence-electron chi connectivity index (χ2n) is 5.36. The quantitative estimate of drug-likeness (QED) is 0.567. The van der Waals surface area contributed by atoms with Gasteiger partial charge in [-0.2, -0.15) is 0 Å². The van der Waals surface area contributed by atoms with Crippen LogP contribution >= 0.6 is 0 Å². The molecule has 0 bridgehead atoms. The van der Waals surface area contributed by atoms with Crippen molar-refractivity contribution >= 4 is 32.3 Å². The fourth-order valence-corrected chi connectivity index (χ4v) is 3.46. The summed E-state index contributed by atoms with van der Waals surface area (Å²) in [4.78, 5) is 21.6. The standard InChI is InChI=1S/C16H13N3O5S/c1-18-15-8-3-12(10-11(15)2-9-16(18)20)17-25(23,24)14-6-4-13(5-7-14)19(21)22/h2-10,17H,1H3. The summed E-state index contributed by atoms with van der Waals surface area (Å²) >= 11 is 0. The van der Waals surface area contributed by atoms with Gasteiger partial charge in [-0.25, -0.2) is 8.42 Å². The number of pyridine rings is 1. The molecule has 1 N–H and O–H groups in total. The fraction of sp³-hybridized carbons (Fsp3) is 0.0625. The highest BCUT2D eigenvalue weighted by Crippen LogP contribution is 2.22. The summed E-state index contributed by atoms with van der Waals surface area (Å²) in [6, 6.07) is 12.4. The molecule has 3 rings (SSSR count). The minimum Gasteiger partial charge on any atom is -0.311 e. The zero-order valence-electron chi connectivity index (χ0n) is 13.0. The van der Waals surface area contributed by atoms with Crippen LogP contribution in [0.25, 0.3) is 10.9 Å². The summed E-state index contributed by atoms with van der Waals surface area (Å²) in [5.41, 5.74) is 0.646. The van der Waals surface area contributed by atoms with Crippen molar-refractivity contribution in [3.8, 4) is 0 Å². The minimum absolute atomic E-state index is 0.0846. The van der Waals surface area contributed by atoms with E-state index >= 15 is 0 Å². The van der Waals surface area contributed by atoms with Crippen LogP contribution < -0.4 is 10.3 Å². The first-order valence-electron chi connectivity index (χ1n) is 7.15. The first-order chi connectivity index (χ1) is 11.8. The third kappa shape index (κ3) is 3.22. The number of aryl methyl sites for hydroxylation is 1. The van der Waals surface area contributed by atoms with Gasteiger partial charge >= 0.3 is 0 Å². The molecule has 25 heavy (non-hydrogen) atoms. The lowest BCUT2D eigenvalue weighted by atomic mass is 10.2. The normalized spacial score (nSPS) is 11.4. The molecule has 0 aliphatic rings. The monoisotopic (exact) mass is 359 g/mol. The van der Waals surface area contributed by atoms with Crippen LogP contribution in [0, 0.1) is 10.1 Å². The molecule has 9 heteroatoms. The summed E-state index contributed by atoms with van der Waals surface area (Å²) < 4.78 is 28.7. The average Bonchev–Trinajstić information content (AvgIpc) is 2.58. The number of benzene rings is 2. The van der Waals surface area contributed by atoms with Gasteiger partial charge in [0.1, 0.15) is 0 Å². The molecule has 0 amide bonds. The smallest absolute Gasteiger partial charge is 0.269 e. The Labute approximate surface area is 142 Å². The number of nitro benzene ring substituents is 1. The van der Waals surface area contributed by atoms with Crippen molar-refractivity contribution in [1.82, 2.24) is 4.57 Å². The molecule has 0 saturated heterocycles. The van der Waals surface area contributed by atoms with Crippen molar-refractivity contribution in [2.45, 2.75) is 4.90 Å². The fourth-order valence-electron chi connectivity index (χ4n) is 2.41. The van der Waals surface area contributed by atoms with Crippen LogP contribution in [0.15, 0.2) is 64.3 Å². The Morgan fingerprint density at radius 1 is 1.04 bits per heavy atom. The molecule has 0 saturated carbocycles. The Morgan fingerprint density at radius 3 is 2.36 bits per heavy atom. The highest BCUT2D eigenvalue weighted by Gasteiger charge is 2.16. The van der Waals surface area contributed by atoms with Crippen molar-refractivity contribution in [3.63, 3.8) is 0 Å². The molecular formula is C16H13N3O5S. The third-order valence-corrected chi connectivity index (χ3v) is 5.13. The summed E-state index contributed by atoms with van der Waals surface area (Å²) in [6.45, 7) is 0. The molecule has 0 unspecified atom stereocenters. The lowest BCUT2D eigenvalue weighted by Gasteiger charge is -2.10. The van der Waals surface area contributed by atoms with Gasteiger partial charge in [0.25, 0.3) is 21.3 Å². The van der Waals surface area contributed by atoms with Gasteiger partial charge in [-0.15, -0.1) is 0 Å². The molecule has 0 spiro atoms. The molecule has 128 valence electrons. The maximum absolute atomic E-state index is 12.4. The van der Waals surface area contributed by atoms with Crippen LogP contribution in [0.5, 0.6) is 0 Å². The van der Waals surface area contributed by atoms with Gasteiger partial charge in [-0.3, -0.25) is 19.6 Å². The number of rotatable bonds is 4. The van der Waals surface area contributed by atoms with E-state index in [1.807, 2.05) is 0 Å². The van der Waals surface area contributed by atoms with Crippen LogP contribution in [0.4, 0.5) is 11.4 Å². The van der Waals surface area contributed by atoms with Gasteiger partial charge in [0.05, 0.1) is 15.3 Å². The Kier molecular flexibility index (Phi) is 4.01. The van der Waals surface area contributed by atoms with E-state index in [2.05, 4.69) is 4.72 Å². The SMILES string of the molecule is Cn1c(=O)ccc2cc(NS(=O)(=O)c3ccc([N+](=O)[O-])cc3)ccc21. The van der Waals surface area contributed by atoms with Crippen LogP contribution in [0.2, 0.25) is 0 Å². The highest BCUT2D eigenvalue weighted by molar-refractivity contribution is 7.92. The average molecular weight is 359 g/mol. The molecule has 2 aromatic carbocycles. The molecule has 1 aromatic heterocycles. The summed E-state index contributed by atoms with van der Waals surface area (Å²) in [7, 11) is -2.25. The minimum atomic E-state index is -3.88. The summed E-state index contributed by atoms with van der Waals surface area (Å²) in [5, 5.41) is 11.3. The van der Waals surface area contributed by atoms with Gasteiger partial charge < -0.3 is 4.57 Å². The van der Waals surface area contributed by atoms with Crippen LogP contribution in [0.1, 0.15) is 0 Å². The van der Waals surface area contributed by atoms with Gasteiger partial charge in [-0.05, 0) is 36.4 Å². The molecule has 0 aliphatic heterocycles. The number of anilines is 1. The van der Waals surface area contributed by atoms with Crippen molar-refractivity contribution in [2.75, 3.05) is 4.72 Å². The maximum atomic E-state index is 12.4. The number of nitrogens with one attached hydrogen (secondary N) is 1. The zero-order chi connectivity index (χ0) is 18.2. The number of hydrogen-bond acceptors (Lipinski definition) is 5. The zero-order valence-corrected chi connectivity index (χ0v) is 13.9. The van der Waals surface area contributed by atoms with Crippen molar-refractivity contribution in [2.24, 2.45) is 7.05 Å². The number of sulfonamides is 1. The molecule has 0 radical (unpaired) electrons. The maximum Gasteiger partial charge on any atom is 0.269 e. The molecular weight excluding hydrogens is 346 g/mol. The van der Waals surface area contributed by atoms with Crippen molar-refractivity contribution in [1.29, 1.82) is 0 Å². The van der Waals surface area contributed by atoms with E-state index in [9.17, 15) is 23.3 Å². The Balaban J connectivity index is 1.95. The van der Waals surface area contributed by atoms with Crippen LogP contribution in [-0.2, 0) is 17.1 Å². The Morgan fingerprint density at radius 2 is 1.72 bits per heavy atom. The number of non-ortho nitro benzene ring substituents is 1. The molecule has 0 aliphatic carbocycles. The molecule has 0 fully saturated rings. The van der Waals surface area contributed by atoms with E-state index in [0.29, 0.717) is 16.6 Å².